The maximum absolute atomic E-state index is 4.67. The smallest absolute Gasteiger partial charge is 0.0970 e. The zero-order valence-corrected chi connectivity index (χ0v) is 50.5. The Morgan fingerprint density at radius 1 is 0.272 bits per heavy atom. The van der Waals surface area contributed by atoms with E-state index in [0.717, 1.165) is 72.7 Å². The highest BCUT2D eigenvalue weighted by Gasteiger charge is 2.29. The molecule has 0 N–H and O–H groups in total. The van der Waals surface area contributed by atoms with Gasteiger partial charge < -0.3 is 14.4 Å². The highest BCUT2D eigenvalue weighted by molar-refractivity contribution is 6.12. The lowest BCUT2D eigenvalue weighted by Gasteiger charge is -2.26. The molecule has 0 bridgehead atoms. The summed E-state index contributed by atoms with van der Waals surface area (Å²) < 4.78 is 2.36. The lowest BCUT2D eigenvalue weighted by molar-refractivity contribution is 1.01. The van der Waals surface area contributed by atoms with E-state index in [1.54, 1.807) is 0 Å². The second-order valence-corrected chi connectivity index (χ2v) is 23.3. The van der Waals surface area contributed by atoms with Crippen LogP contribution in [0.3, 0.4) is 0 Å². The fraction of sp³-hybridized carbons (Fsp3) is 0.0115. The monoisotopic (exact) mass is 1180 g/mol. The van der Waals surface area contributed by atoms with Gasteiger partial charge in [-0.15, -0.1) is 0 Å². The Hall–Kier alpha value is -12.2. The molecule has 92 heavy (non-hydrogen) atoms. The Morgan fingerprint density at radius 2 is 0.620 bits per heavy atom. The summed E-state index contributed by atoms with van der Waals surface area (Å²) in [5.74, 6) is 0.220. The third kappa shape index (κ3) is 10.4. The number of hydrogen-bond acceptors (Lipinski definition) is 4. The van der Waals surface area contributed by atoms with Crippen molar-refractivity contribution in [2.24, 2.45) is 0 Å². The lowest BCUT2D eigenvalue weighted by Crippen LogP contribution is -2.10. The maximum atomic E-state index is 4.67. The van der Waals surface area contributed by atoms with E-state index in [4.69, 9.17) is 0 Å². The molecule has 5 nitrogen and oxygen atoms in total. The van der Waals surface area contributed by atoms with Gasteiger partial charge in [0, 0.05) is 79.7 Å². The van der Waals surface area contributed by atoms with Crippen molar-refractivity contribution in [3.63, 3.8) is 0 Å². The predicted octanol–water partition coefficient (Wildman–Crippen LogP) is 23.2. The van der Waals surface area contributed by atoms with Gasteiger partial charge in [-0.2, -0.15) is 0 Å². The van der Waals surface area contributed by atoms with Gasteiger partial charge in [-0.25, -0.2) is 0 Å². The van der Waals surface area contributed by atoms with Crippen molar-refractivity contribution < 1.29 is 0 Å². The van der Waals surface area contributed by atoms with Gasteiger partial charge in [-0.3, -0.25) is 9.97 Å². The number of aromatic nitrogens is 3. The molecule has 0 fully saturated rings. The van der Waals surface area contributed by atoms with E-state index in [-0.39, 0.29) is 5.92 Å². The van der Waals surface area contributed by atoms with Gasteiger partial charge in [-0.1, -0.05) is 243 Å². The third-order valence-electron chi connectivity index (χ3n) is 17.9. The molecule has 13 aromatic carbocycles. The SMILES string of the molecule is C(=C\c1ccc(N(c2ccccc2)c2ccc(-n3c4ccccc4c4ccccc43)cc2)cc1)/c1ccc(N(c2ccccc2)c2ccc(C3c4ccccc4-c4ccccc43)cc2)cc1.c1ccc(-c2ccnc3c2ccc2c(-c4ccccc4)ccnc23)cc1. The van der Waals surface area contributed by atoms with Crippen LogP contribution in [-0.4, -0.2) is 14.5 Å². The molecule has 1 aliphatic carbocycles. The van der Waals surface area contributed by atoms with Crippen LogP contribution in [0, 0.1) is 0 Å². The van der Waals surface area contributed by atoms with Crippen molar-refractivity contribution in [2.75, 3.05) is 9.80 Å². The van der Waals surface area contributed by atoms with Gasteiger partial charge in [0.15, 0.2) is 0 Å². The first-order valence-corrected chi connectivity index (χ1v) is 31.4. The number of hydrogen-bond donors (Lipinski definition) is 0. The number of nitrogens with zero attached hydrogens (tertiary/aromatic N) is 5. The highest BCUT2D eigenvalue weighted by Crippen LogP contribution is 2.49. The molecule has 0 spiro atoms. The minimum atomic E-state index is 0.220. The molecule has 1 aliphatic rings. The number of pyridine rings is 2. The molecule has 0 atom stereocenters. The Labute approximate surface area is 536 Å². The summed E-state index contributed by atoms with van der Waals surface area (Å²) in [5, 5.41) is 4.78. The summed E-state index contributed by atoms with van der Waals surface area (Å²) in [6.07, 6.45) is 8.14. The van der Waals surface area contributed by atoms with Crippen molar-refractivity contribution in [3.8, 4) is 39.1 Å². The molecular formula is C87H61N5. The normalized spacial score (nSPS) is 11.8. The predicted molar refractivity (Wildman–Crippen MR) is 386 cm³/mol. The van der Waals surface area contributed by atoms with Crippen LogP contribution in [0.4, 0.5) is 34.1 Å². The molecule has 5 heteroatoms. The van der Waals surface area contributed by atoms with Gasteiger partial charge >= 0.3 is 0 Å². The minimum Gasteiger partial charge on any atom is -0.311 e. The fourth-order valence-electron chi connectivity index (χ4n) is 13.6. The Balaban J connectivity index is 0.000000215. The van der Waals surface area contributed by atoms with E-state index in [1.165, 1.54) is 71.9 Å². The van der Waals surface area contributed by atoms with Gasteiger partial charge in [-0.05, 0) is 170 Å². The number of benzene rings is 13. The van der Waals surface area contributed by atoms with E-state index < -0.39 is 0 Å². The summed E-state index contributed by atoms with van der Waals surface area (Å²) in [7, 11) is 0. The van der Waals surface area contributed by atoms with E-state index in [9.17, 15) is 0 Å². The number of rotatable bonds is 12. The highest BCUT2D eigenvalue weighted by atomic mass is 15.1. The Kier molecular flexibility index (Phi) is 14.6. The van der Waals surface area contributed by atoms with E-state index in [1.807, 2.05) is 24.5 Å². The van der Waals surface area contributed by atoms with Crippen LogP contribution >= 0.6 is 0 Å². The molecular weight excluding hydrogens is 1110 g/mol. The quantitative estimate of drug-likeness (QED) is 0.0902. The molecule has 3 aromatic heterocycles. The minimum absolute atomic E-state index is 0.220. The average molecular weight is 1180 g/mol. The van der Waals surface area contributed by atoms with Crippen LogP contribution in [0.15, 0.2) is 352 Å². The van der Waals surface area contributed by atoms with Crippen LogP contribution < -0.4 is 9.80 Å². The summed E-state index contributed by atoms with van der Waals surface area (Å²) in [5.41, 5.74) is 25.8. The topological polar surface area (TPSA) is 37.2 Å². The molecule has 0 saturated carbocycles. The van der Waals surface area contributed by atoms with Crippen molar-refractivity contribution in [3.05, 3.63) is 380 Å². The first kappa shape index (κ1) is 55.2. The lowest BCUT2D eigenvalue weighted by atomic mass is 9.89. The van der Waals surface area contributed by atoms with Crippen LogP contribution in [0.2, 0.25) is 0 Å². The zero-order chi connectivity index (χ0) is 61.2. The van der Waals surface area contributed by atoms with E-state index >= 15 is 0 Å². The van der Waals surface area contributed by atoms with Crippen LogP contribution in [0.25, 0.3) is 94.8 Å². The second kappa shape index (κ2) is 24.4. The third-order valence-corrected chi connectivity index (χ3v) is 17.9. The van der Waals surface area contributed by atoms with E-state index in [2.05, 4.69) is 364 Å². The first-order valence-electron chi connectivity index (χ1n) is 31.4. The molecule has 0 unspecified atom stereocenters. The molecule has 434 valence electrons. The second-order valence-electron chi connectivity index (χ2n) is 23.3. The van der Waals surface area contributed by atoms with Crippen LogP contribution in [0.5, 0.6) is 0 Å². The largest absolute Gasteiger partial charge is 0.311 e. The molecule has 0 saturated heterocycles. The van der Waals surface area contributed by atoms with Crippen molar-refractivity contribution >= 4 is 89.9 Å². The van der Waals surface area contributed by atoms with E-state index in [0.29, 0.717) is 0 Å². The molecule has 0 radical (unpaired) electrons. The van der Waals surface area contributed by atoms with Crippen molar-refractivity contribution in [1.29, 1.82) is 0 Å². The molecule has 3 heterocycles. The maximum Gasteiger partial charge on any atom is 0.0970 e. The number of para-hydroxylation sites is 4. The van der Waals surface area contributed by atoms with Gasteiger partial charge in [0.1, 0.15) is 0 Å². The fourth-order valence-corrected chi connectivity index (χ4v) is 13.6. The van der Waals surface area contributed by atoms with Crippen LogP contribution in [-0.2, 0) is 0 Å². The molecule has 0 amide bonds. The summed E-state index contributed by atoms with van der Waals surface area (Å²) >= 11 is 0. The van der Waals surface area contributed by atoms with Crippen molar-refractivity contribution in [2.45, 2.75) is 5.92 Å². The molecule has 0 aliphatic heterocycles. The van der Waals surface area contributed by atoms with Gasteiger partial charge in [0.25, 0.3) is 0 Å². The van der Waals surface area contributed by atoms with Gasteiger partial charge in [0.2, 0.25) is 0 Å². The average Bonchev–Trinajstić information content (AvgIpc) is 1.45. The van der Waals surface area contributed by atoms with Crippen LogP contribution in [0.1, 0.15) is 33.7 Å². The van der Waals surface area contributed by atoms with Crippen molar-refractivity contribution in [1.82, 2.24) is 14.5 Å². The summed E-state index contributed by atoms with van der Waals surface area (Å²) in [4.78, 5) is 14.0. The molecule has 16 aromatic rings. The number of fused-ring (bicyclic) bond motifs is 9. The first-order chi connectivity index (χ1) is 45.7. The Morgan fingerprint density at radius 3 is 1.05 bits per heavy atom. The molecule has 17 rings (SSSR count). The zero-order valence-electron chi connectivity index (χ0n) is 50.5. The summed E-state index contributed by atoms with van der Waals surface area (Å²) in [6.45, 7) is 0. The standard InChI is InChI=1S/C63H45N3.C24H16N2/c1-3-15-48(16-4-1)64(52-39-33-47(34-40-52)63-59-23-9-7-19-55(59)56-20-8-10-24-60(56)63)50-35-29-45(30-36-50)27-28-46-31-37-51(38-32-46)65(49-17-5-2-6-18-49)53-41-43-54(44-42-53)66-61-25-13-11-21-57(61)58-22-12-14-26-62(58)66;1-3-7-17(8-4-1)19-13-15-25-23-21(19)11-12-22-20(14-16-26-24(22)23)18-9-5-2-6-10-18/h1-44,63H;1-16H/b28-27+;. The Bertz CT molecular complexity index is 5100. The number of anilines is 6. The summed E-state index contributed by atoms with van der Waals surface area (Å²) in [6, 6.07) is 121. The van der Waals surface area contributed by atoms with Gasteiger partial charge in [0.05, 0.1) is 22.1 Å².